The summed E-state index contributed by atoms with van der Waals surface area (Å²) in [5.41, 5.74) is 2.89. The Bertz CT molecular complexity index is 422. The highest BCUT2D eigenvalue weighted by Gasteiger charge is 2.11. The predicted octanol–water partition coefficient (Wildman–Crippen LogP) is 4.07. The van der Waals surface area contributed by atoms with Gasteiger partial charge in [0, 0.05) is 12.5 Å². The van der Waals surface area contributed by atoms with Gasteiger partial charge < -0.3 is 5.32 Å². The van der Waals surface area contributed by atoms with Crippen molar-refractivity contribution in [2.24, 2.45) is 0 Å². The summed E-state index contributed by atoms with van der Waals surface area (Å²) >= 11 is 1.78. The molecular formula is C16H21NS. The van der Waals surface area contributed by atoms with E-state index in [4.69, 9.17) is 0 Å². The van der Waals surface area contributed by atoms with Gasteiger partial charge in [0.15, 0.2) is 0 Å². The number of rotatable bonds is 7. The summed E-state index contributed by atoms with van der Waals surface area (Å²) in [5.74, 6) is 0.576. The molecular weight excluding hydrogens is 238 g/mol. The van der Waals surface area contributed by atoms with Crippen LogP contribution >= 0.6 is 11.3 Å². The van der Waals surface area contributed by atoms with Crippen LogP contribution in [0.1, 0.15) is 30.4 Å². The molecule has 0 saturated heterocycles. The van der Waals surface area contributed by atoms with Crippen molar-refractivity contribution in [3.63, 3.8) is 0 Å². The van der Waals surface area contributed by atoms with Gasteiger partial charge in [-0.15, -0.1) is 0 Å². The van der Waals surface area contributed by atoms with Crippen molar-refractivity contribution >= 4 is 11.3 Å². The molecule has 0 amide bonds. The Morgan fingerprint density at radius 3 is 2.67 bits per heavy atom. The first-order valence-electron chi connectivity index (χ1n) is 6.67. The minimum absolute atomic E-state index is 0.576. The lowest BCUT2D eigenvalue weighted by atomic mass is 9.93. The van der Waals surface area contributed by atoms with E-state index >= 15 is 0 Å². The summed E-state index contributed by atoms with van der Waals surface area (Å²) in [7, 11) is 0. The van der Waals surface area contributed by atoms with Gasteiger partial charge in [0.25, 0.3) is 0 Å². The zero-order chi connectivity index (χ0) is 12.6. The lowest BCUT2D eigenvalue weighted by molar-refractivity contribution is 0.577. The second-order valence-electron chi connectivity index (χ2n) is 4.65. The van der Waals surface area contributed by atoms with Crippen molar-refractivity contribution < 1.29 is 0 Å². The van der Waals surface area contributed by atoms with Gasteiger partial charge in [-0.05, 0) is 47.3 Å². The maximum absolute atomic E-state index is 3.55. The van der Waals surface area contributed by atoms with Gasteiger partial charge in [-0.25, -0.2) is 0 Å². The molecule has 2 rings (SSSR count). The van der Waals surface area contributed by atoms with Gasteiger partial charge in [0.05, 0.1) is 0 Å². The van der Waals surface area contributed by atoms with Crippen molar-refractivity contribution in [3.8, 4) is 0 Å². The third kappa shape index (κ3) is 3.97. The molecule has 0 aliphatic heterocycles. The van der Waals surface area contributed by atoms with E-state index in [0.717, 1.165) is 19.5 Å². The van der Waals surface area contributed by atoms with Gasteiger partial charge in [0.2, 0.25) is 0 Å². The largest absolute Gasteiger partial charge is 0.316 e. The Hall–Kier alpha value is -1.12. The number of thiophene rings is 1. The third-order valence-corrected chi connectivity index (χ3v) is 3.88. The van der Waals surface area contributed by atoms with Crippen LogP contribution in [0.5, 0.6) is 0 Å². The number of benzene rings is 1. The number of hydrogen-bond donors (Lipinski definition) is 1. The molecule has 1 aromatic heterocycles. The summed E-state index contributed by atoms with van der Waals surface area (Å²) < 4.78 is 0. The first-order chi connectivity index (χ1) is 8.90. The Kier molecular flexibility index (Phi) is 5.43. The molecule has 1 heterocycles. The van der Waals surface area contributed by atoms with Crippen LogP contribution in [0.25, 0.3) is 0 Å². The minimum atomic E-state index is 0.576. The van der Waals surface area contributed by atoms with Crippen LogP contribution in [0.15, 0.2) is 47.2 Å². The van der Waals surface area contributed by atoms with Crippen molar-refractivity contribution in [1.82, 2.24) is 5.32 Å². The fourth-order valence-corrected chi connectivity index (χ4v) is 2.86. The molecule has 0 fully saturated rings. The Morgan fingerprint density at radius 2 is 2.00 bits per heavy atom. The summed E-state index contributed by atoms with van der Waals surface area (Å²) in [6.07, 6.45) is 2.32. The quantitative estimate of drug-likeness (QED) is 0.739. The van der Waals surface area contributed by atoms with Crippen molar-refractivity contribution in [1.29, 1.82) is 0 Å². The molecule has 0 aliphatic rings. The minimum Gasteiger partial charge on any atom is -0.316 e. The topological polar surface area (TPSA) is 12.0 Å². The van der Waals surface area contributed by atoms with Crippen molar-refractivity contribution in [2.75, 3.05) is 13.1 Å². The average molecular weight is 259 g/mol. The molecule has 0 spiro atoms. The normalized spacial score (nSPS) is 12.5. The summed E-state index contributed by atoms with van der Waals surface area (Å²) in [4.78, 5) is 0. The molecule has 0 bridgehead atoms. The van der Waals surface area contributed by atoms with Gasteiger partial charge in [-0.3, -0.25) is 0 Å². The van der Waals surface area contributed by atoms with Gasteiger partial charge in [-0.1, -0.05) is 37.3 Å². The van der Waals surface area contributed by atoms with E-state index in [1.54, 1.807) is 11.3 Å². The first kappa shape index (κ1) is 13.3. The molecule has 1 unspecified atom stereocenters. The van der Waals surface area contributed by atoms with E-state index < -0.39 is 0 Å². The first-order valence-corrected chi connectivity index (χ1v) is 7.61. The van der Waals surface area contributed by atoms with E-state index in [1.807, 2.05) is 0 Å². The predicted molar refractivity (Wildman–Crippen MR) is 80.4 cm³/mol. The molecule has 1 nitrogen and oxygen atoms in total. The summed E-state index contributed by atoms with van der Waals surface area (Å²) in [6, 6.07) is 13.1. The molecule has 0 aliphatic carbocycles. The fourth-order valence-electron chi connectivity index (χ4n) is 2.18. The fraction of sp³-hybridized carbons (Fsp3) is 0.375. The molecule has 0 saturated carbocycles. The summed E-state index contributed by atoms with van der Waals surface area (Å²) in [5, 5.41) is 7.97. The molecule has 0 radical (unpaired) electrons. The van der Waals surface area contributed by atoms with E-state index in [9.17, 15) is 0 Å². The highest BCUT2D eigenvalue weighted by Crippen LogP contribution is 2.21. The van der Waals surface area contributed by atoms with E-state index in [-0.39, 0.29) is 0 Å². The van der Waals surface area contributed by atoms with Crippen LogP contribution in [-0.2, 0) is 6.42 Å². The Labute approximate surface area is 114 Å². The van der Waals surface area contributed by atoms with Crippen molar-refractivity contribution in [2.45, 2.75) is 25.7 Å². The number of hydrogen-bond acceptors (Lipinski definition) is 2. The van der Waals surface area contributed by atoms with Crippen LogP contribution in [-0.4, -0.2) is 13.1 Å². The molecule has 1 atom stereocenters. The molecule has 18 heavy (non-hydrogen) atoms. The molecule has 1 N–H and O–H groups in total. The van der Waals surface area contributed by atoms with E-state index in [2.05, 4.69) is 59.4 Å². The highest BCUT2D eigenvalue weighted by molar-refractivity contribution is 7.07. The maximum atomic E-state index is 3.55. The lowest BCUT2D eigenvalue weighted by Gasteiger charge is -2.17. The van der Waals surface area contributed by atoms with Crippen LogP contribution < -0.4 is 5.32 Å². The van der Waals surface area contributed by atoms with Crippen LogP contribution in [0.4, 0.5) is 0 Å². The third-order valence-electron chi connectivity index (χ3n) is 3.15. The van der Waals surface area contributed by atoms with E-state index in [1.165, 1.54) is 17.5 Å². The van der Waals surface area contributed by atoms with Gasteiger partial charge in [0.1, 0.15) is 0 Å². The van der Waals surface area contributed by atoms with Gasteiger partial charge in [-0.2, -0.15) is 11.3 Å². The summed E-state index contributed by atoms with van der Waals surface area (Å²) in [6.45, 7) is 4.38. The smallest absolute Gasteiger partial charge is 0.00233 e. The van der Waals surface area contributed by atoms with E-state index in [0.29, 0.717) is 5.92 Å². The second-order valence-corrected chi connectivity index (χ2v) is 5.43. The molecule has 2 aromatic rings. The number of nitrogens with one attached hydrogen (secondary N) is 1. The van der Waals surface area contributed by atoms with Crippen LogP contribution in [0.3, 0.4) is 0 Å². The van der Waals surface area contributed by atoms with Crippen molar-refractivity contribution in [3.05, 3.63) is 58.3 Å². The Balaban J connectivity index is 2.03. The van der Waals surface area contributed by atoms with Crippen LogP contribution in [0.2, 0.25) is 0 Å². The second kappa shape index (κ2) is 7.34. The SMILES string of the molecule is CCCNCC(Cc1ccsc1)c1ccccc1. The highest BCUT2D eigenvalue weighted by atomic mass is 32.1. The zero-order valence-electron chi connectivity index (χ0n) is 10.9. The van der Waals surface area contributed by atoms with Crippen LogP contribution in [0, 0.1) is 0 Å². The molecule has 96 valence electrons. The molecule has 1 aromatic carbocycles. The molecule has 2 heteroatoms. The standard InChI is InChI=1S/C16H21NS/c1-2-9-17-12-16(11-14-8-10-18-13-14)15-6-4-3-5-7-15/h3-8,10,13,16-17H,2,9,11-12H2,1H3. The zero-order valence-corrected chi connectivity index (χ0v) is 11.7. The maximum Gasteiger partial charge on any atom is 0.00233 e. The lowest BCUT2D eigenvalue weighted by Crippen LogP contribution is -2.23. The average Bonchev–Trinajstić information content (AvgIpc) is 2.92. The Morgan fingerprint density at radius 1 is 1.17 bits per heavy atom. The van der Waals surface area contributed by atoms with Gasteiger partial charge >= 0.3 is 0 Å². The monoisotopic (exact) mass is 259 g/mol.